The van der Waals surface area contributed by atoms with Gasteiger partial charge in [0.05, 0.1) is 0 Å². The Labute approximate surface area is 113 Å². The molecule has 2 rings (SSSR count). The lowest BCUT2D eigenvalue weighted by molar-refractivity contribution is 0.731. The first-order chi connectivity index (χ1) is 7.65. The van der Waals surface area contributed by atoms with E-state index in [-0.39, 0.29) is 0 Å². The summed E-state index contributed by atoms with van der Waals surface area (Å²) in [5.41, 5.74) is 1.37. The van der Waals surface area contributed by atoms with Gasteiger partial charge in [0, 0.05) is 21.4 Å². The zero-order valence-corrected chi connectivity index (χ0v) is 12.5. The molecule has 16 heavy (non-hydrogen) atoms. The number of halogens is 2. The van der Waals surface area contributed by atoms with Crippen LogP contribution in [-0.2, 0) is 0 Å². The molecule has 0 radical (unpaired) electrons. The van der Waals surface area contributed by atoms with E-state index in [2.05, 4.69) is 68.9 Å². The van der Waals surface area contributed by atoms with Crippen LogP contribution in [0.25, 0.3) is 10.8 Å². The van der Waals surface area contributed by atoms with Crippen LogP contribution in [0.15, 0.2) is 33.5 Å². The lowest BCUT2D eigenvalue weighted by Crippen LogP contribution is -1.94. The summed E-state index contributed by atoms with van der Waals surface area (Å²) in [4.78, 5) is 4.24. The summed E-state index contributed by atoms with van der Waals surface area (Å²) in [6.45, 7) is 4.46. The first-order valence-electron chi connectivity index (χ1n) is 5.37. The number of hydrogen-bond acceptors (Lipinski definition) is 1. The maximum atomic E-state index is 4.24. The van der Waals surface area contributed by atoms with Crippen molar-refractivity contribution in [3.8, 4) is 0 Å². The van der Waals surface area contributed by atoms with Crippen molar-refractivity contribution < 1.29 is 0 Å². The smallest absolute Gasteiger partial charge is 0.113 e. The maximum Gasteiger partial charge on any atom is 0.113 e. The third kappa shape index (κ3) is 2.03. The highest BCUT2D eigenvalue weighted by Crippen LogP contribution is 2.35. The van der Waals surface area contributed by atoms with Gasteiger partial charge in [-0.3, -0.25) is 0 Å². The maximum absolute atomic E-state index is 4.24. The van der Waals surface area contributed by atoms with E-state index >= 15 is 0 Å². The normalized spacial score (nSPS) is 13.0. The molecule has 84 valence electrons. The van der Waals surface area contributed by atoms with Crippen LogP contribution >= 0.6 is 31.9 Å². The van der Waals surface area contributed by atoms with Gasteiger partial charge in [0.2, 0.25) is 0 Å². The van der Waals surface area contributed by atoms with Gasteiger partial charge in [0.15, 0.2) is 0 Å². The van der Waals surface area contributed by atoms with Crippen molar-refractivity contribution in [1.82, 2.24) is 4.98 Å². The van der Waals surface area contributed by atoms with Gasteiger partial charge in [-0.25, -0.2) is 4.98 Å². The van der Waals surface area contributed by atoms with Gasteiger partial charge in [0.1, 0.15) is 4.60 Å². The third-order valence-corrected chi connectivity index (χ3v) is 4.52. The molecule has 1 unspecified atom stereocenters. The summed E-state index contributed by atoms with van der Waals surface area (Å²) >= 11 is 7.19. The number of hydrogen-bond donors (Lipinski definition) is 0. The fourth-order valence-corrected chi connectivity index (χ4v) is 3.13. The Morgan fingerprint density at radius 1 is 1.19 bits per heavy atom. The number of aromatic nitrogens is 1. The second kappa shape index (κ2) is 4.84. The predicted octanol–water partition coefficient (Wildman–Crippen LogP) is 5.27. The van der Waals surface area contributed by atoms with Gasteiger partial charge in [-0.05, 0) is 55.8 Å². The van der Waals surface area contributed by atoms with E-state index < -0.39 is 0 Å². The van der Waals surface area contributed by atoms with Crippen LogP contribution in [0, 0.1) is 0 Å². The fraction of sp³-hybridized carbons (Fsp3) is 0.308. The number of nitrogens with zero attached hydrogens (tertiary/aromatic N) is 1. The molecule has 1 aromatic carbocycles. The Kier molecular flexibility index (Phi) is 3.65. The molecule has 0 bridgehead atoms. The Hall–Kier alpha value is -0.410. The second-order valence-electron chi connectivity index (χ2n) is 3.97. The summed E-state index contributed by atoms with van der Waals surface area (Å²) in [6, 6.07) is 6.38. The van der Waals surface area contributed by atoms with Crippen molar-refractivity contribution in [3.63, 3.8) is 0 Å². The van der Waals surface area contributed by atoms with Crippen molar-refractivity contribution in [3.05, 3.63) is 39.0 Å². The quantitative estimate of drug-likeness (QED) is 0.677. The van der Waals surface area contributed by atoms with Crippen LogP contribution < -0.4 is 0 Å². The summed E-state index contributed by atoms with van der Waals surface area (Å²) in [6.07, 6.45) is 2.98. The molecule has 1 heterocycles. The molecule has 0 saturated heterocycles. The lowest BCUT2D eigenvalue weighted by atomic mass is 9.96. The van der Waals surface area contributed by atoms with Crippen molar-refractivity contribution in [2.24, 2.45) is 0 Å². The van der Waals surface area contributed by atoms with Crippen molar-refractivity contribution in [2.75, 3.05) is 0 Å². The van der Waals surface area contributed by atoms with Gasteiger partial charge >= 0.3 is 0 Å². The van der Waals surface area contributed by atoms with Crippen molar-refractivity contribution in [1.29, 1.82) is 0 Å². The minimum absolute atomic E-state index is 0.575. The number of fused-ring (bicyclic) bond motifs is 1. The molecule has 3 heteroatoms. The van der Waals surface area contributed by atoms with Gasteiger partial charge in [-0.15, -0.1) is 0 Å². The van der Waals surface area contributed by atoms with E-state index in [4.69, 9.17) is 0 Å². The molecule has 1 nitrogen and oxygen atoms in total. The molecule has 0 aliphatic rings. The number of pyridine rings is 1. The average molecular weight is 343 g/mol. The molecule has 2 aromatic rings. The Balaban J connectivity index is 2.70. The summed E-state index contributed by atoms with van der Waals surface area (Å²) in [5.74, 6) is 0.575. The van der Waals surface area contributed by atoms with E-state index in [1.807, 2.05) is 6.20 Å². The monoisotopic (exact) mass is 341 g/mol. The van der Waals surface area contributed by atoms with Crippen LogP contribution in [-0.4, -0.2) is 4.98 Å². The van der Waals surface area contributed by atoms with Gasteiger partial charge in [-0.1, -0.05) is 26.0 Å². The summed E-state index contributed by atoms with van der Waals surface area (Å²) in [7, 11) is 0. The summed E-state index contributed by atoms with van der Waals surface area (Å²) < 4.78 is 2.10. The zero-order valence-electron chi connectivity index (χ0n) is 9.30. The standard InChI is InChI=1S/C13H13Br2N/c1-3-8(2)9-4-5-11-10(12(9)14)6-7-16-13(11)15/h4-8H,3H2,1-2H3. The first-order valence-corrected chi connectivity index (χ1v) is 6.96. The summed E-state index contributed by atoms with van der Waals surface area (Å²) in [5, 5.41) is 2.38. The largest absolute Gasteiger partial charge is 0.249 e. The third-order valence-electron chi connectivity index (χ3n) is 3.00. The van der Waals surface area contributed by atoms with E-state index in [9.17, 15) is 0 Å². The van der Waals surface area contributed by atoms with Crippen molar-refractivity contribution in [2.45, 2.75) is 26.2 Å². The lowest BCUT2D eigenvalue weighted by Gasteiger charge is -2.13. The number of rotatable bonds is 2. The zero-order chi connectivity index (χ0) is 11.7. The Morgan fingerprint density at radius 3 is 2.62 bits per heavy atom. The van der Waals surface area contributed by atoms with E-state index in [0.717, 1.165) is 16.4 Å². The van der Waals surface area contributed by atoms with E-state index in [1.165, 1.54) is 15.4 Å². The van der Waals surface area contributed by atoms with Gasteiger partial charge in [-0.2, -0.15) is 0 Å². The highest BCUT2D eigenvalue weighted by atomic mass is 79.9. The Morgan fingerprint density at radius 2 is 1.94 bits per heavy atom. The SMILES string of the molecule is CCC(C)c1ccc2c(Br)nccc2c1Br. The Bertz CT molecular complexity index is 523. The van der Waals surface area contributed by atoms with Crippen LogP contribution in [0.4, 0.5) is 0 Å². The highest BCUT2D eigenvalue weighted by Gasteiger charge is 2.11. The van der Waals surface area contributed by atoms with Crippen LogP contribution in [0.1, 0.15) is 31.7 Å². The molecule has 0 amide bonds. The molecule has 0 spiro atoms. The fourth-order valence-electron chi connectivity index (χ4n) is 1.80. The van der Waals surface area contributed by atoms with Crippen LogP contribution in [0.3, 0.4) is 0 Å². The molecule has 0 fully saturated rings. The molecule has 0 aliphatic heterocycles. The molecule has 0 N–H and O–H groups in total. The second-order valence-corrected chi connectivity index (χ2v) is 5.52. The van der Waals surface area contributed by atoms with Crippen LogP contribution in [0.2, 0.25) is 0 Å². The molecular formula is C13H13Br2N. The molecule has 0 aliphatic carbocycles. The van der Waals surface area contributed by atoms with Gasteiger partial charge < -0.3 is 0 Å². The first kappa shape index (κ1) is 12.1. The average Bonchev–Trinajstić information content (AvgIpc) is 2.30. The molecule has 0 saturated carbocycles. The number of benzene rings is 1. The minimum Gasteiger partial charge on any atom is -0.249 e. The topological polar surface area (TPSA) is 12.9 Å². The molecule has 1 aromatic heterocycles. The van der Waals surface area contributed by atoms with E-state index in [0.29, 0.717) is 5.92 Å². The predicted molar refractivity (Wildman–Crippen MR) is 75.8 cm³/mol. The van der Waals surface area contributed by atoms with Crippen LogP contribution in [0.5, 0.6) is 0 Å². The highest BCUT2D eigenvalue weighted by molar-refractivity contribution is 9.11. The van der Waals surface area contributed by atoms with Crippen molar-refractivity contribution >= 4 is 42.6 Å². The molecular weight excluding hydrogens is 330 g/mol. The molecule has 1 atom stereocenters. The minimum atomic E-state index is 0.575. The van der Waals surface area contributed by atoms with Gasteiger partial charge in [0.25, 0.3) is 0 Å². The van der Waals surface area contributed by atoms with E-state index in [1.54, 1.807) is 0 Å².